The summed E-state index contributed by atoms with van der Waals surface area (Å²) in [4.78, 5) is 7.11. The van der Waals surface area contributed by atoms with Gasteiger partial charge in [-0.3, -0.25) is 0 Å². The first-order chi connectivity index (χ1) is 6.88. The van der Waals surface area contributed by atoms with Crippen molar-refractivity contribution in [1.29, 1.82) is 0 Å². The number of aromatic amines is 2. The van der Waals surface area contributed by atoms with Gasteiger partial charge < -0.3 is 15.6 Å². The standard InChI is InChI=1S/C8H12N6/c1-9-7-12-8(14-13-7)11-5-6-2-3-10-4-6/h2-4,10H,5H2,1H3,(H3,9,11,12,13,14). The van der Waals surface area contributed by atoms with Gasteiger partial charge in [0.1, 0.15) is 0 Å². The van der Waals surface area contributed by atoms with Crippen LogP contribution >= 0.6 is 0 Å². The summed E-state index contributed by atoms with van der Waals surface area (Å²) in [5.41, 5.74) is 1.17. The van der Waals surface area contributed by atoms with E-state index in [0.29, 0.717) is 11.9 Å². The van der Waals surface area contributed by atoms with E-state index in [1.807, 2.05) is 18.5 Å². The Hall–Kier alpha value is -1.98. The van der Waals surface area contributed by atoms with Gasteiger partial charge in [-0.15, -0.1) is 5.10 Å². The van der Waals surface area contributed by atoms with Crippen molar-refractivity contribution in [3.63, 3.8) is 0 Å². The Bertz CT molecular complexity index is 376. The van der Waals surface area contributed by atoms with Gasteiger partial charge in [0.25, 0.3) is 0 Å². The Morgan fingerprint density at radius 1 is 1.50 bits per heavy atom. The van der Waals surface area contributed by atoms with Gasteiger partial charge in [-0.05, 0) is 11.6 Å². The molecule has 2 rings (SSSR count). The van der Waals surface area contributed by atoms with Crippen molar-refractivity contribution >= 4 is 11.9 Å². The molecule has 2 aromatic rings. The van der Waals surface area contributed by atoms with Crippen LogP contribution in [0.25, 0.3) is 0 Å². The van der Waals surface area contributed by atoms with Gasteiger partial charge in [-0.1, -0.05) is 0 Å². The van der Waals surface area contributed by atoms with Gasteiger partial charge in [0, 0.05) is 26.0 Å². The van der Waals surface area contributed by atoms with Gasteiger partial charge in [0.05, 0.1) is 0 Å². The van der Waals surface area contributed by atoms with Crippen molar-refractivity contribution < 1.29 is 0 Å². The first-order valence-corrected chi connectivity index (χ1v) is 4.34. The third-order valence-electron chi connectivity index (χ3n) is 1.83. The fourth-order valence-electron chi connectivity index (χ4n) is 1.11. The van der Waals surface area contributed by atoms with E-state index in [9.17, 15) is 0 Å². The molecular formula is C8H12N6. The summed E-state index contributed by atoms with van der Waals surface area (Å²) in [7, 11) is 1.78. The maximum atomic E-state index is 4.13. The molecule has 0 saturated carbocycles. The molecule has 0 bridgehead atoms. The normalized spacial score (nSPS) is 10.1. The molecule has 2 heterocycles. The number of nitrogens with zero attached hydrogens (tertiary/aromatic N) is 2. The minimum absolute atomic E-state index is 0.585. The van der Waals surface area contributed by atoms with Crippen LogP contribution in [0.3, 0.4) is 0 Å². The molecule has 0 aromatic carbocycles. The largest absolute Gasteiger partial charge is 0.367 e. The van der Waals surface area contributed by atoms with Crippen LogP contribution in [0.1, 0.15) is 5.56 Å². The number of aromatic nitrogens is 4. The Morgan fingerprint density at radius 3 is 3.07 bits per heavy atom. The van der Waals surface area contributed by atoms with Crippen LogP contribution in [0.2, 0.25) is 0 Å². The van der Waals surface area contributed by atoms with E-state index in [1.54, 1.807) is 7.05 Å². The number of H-pyrrole nitrogens is 2. The molecule has 2 aromatic heterocycles. The zero-order valence-corrected chi connectivity index (χ0v) is 7.83. The fourth-order valence-corrected chi connectivity index (χ4v) is 1.11. The van der Waals surface area contributed by atoms with Crippen LogP contribution in [0.5, 0.6) is 0 Å². The molecule has 14 heavy (non-hydrogen) atoms. The smallest absolute Gasteiger partial charge is 0.243 e. The second kappa shape index (κ2) is 3.82. The average Bonchev–Trinajstić information content (AvgIpc) is 2.86. The van der Waals surface area contributed by atoms with Gasteiger partial charge in [-0.25, -0.2) is 5.10 Å². The van der Waals surface area contributed by atoms with E-state index in [-0.39, 0.29) is 0 Å². The van der Waals surface area contributed by atoms with Crippen molar-refractivity contribution in [2.45, 2.75) is 6.54 Å². The predicted octanol–water partition coefficient (Wildman–Crippen LogP) is 0.787. The lowest BCUT2D eigenvalue weighted by Gasteiger charge is -1.98. The number of hydrogen-bond acceptors (Lipinski definition) is 4. The van der Waals surface area contributed by atoms with Crippen LogP contribution in [-0.2, 0) is 6.54 Å². The molecular weight excluding hydrogens is 180 g/mol. The van der Waals surface area contributed by atoms with Crippen molar-refractivity contribution in [3.8, 4) is 0 Å². The third kappa shape index (κ3) is 1.85. The zero-order valence-electron chi connectivity index (χ0n) is 7.83. The molecule has 6 heteroatoms. The monoisotopic (exact) mass is 192 g/mol. The number of hydrogen-bond donors (Lipinski definition) is 4. The number of rotatable bonds is 4. The van der Waals surface area contributed by atoms with E-state index in [1.165, 1.54) is 5.56 Å². The molecule has 0 amide bonds. The number of nitrogens with one attached hydrogen (secondary N) is 4. The second-order valence-electron chi connectivity index (χ2n) is 2.83. The lowest BCUT2D eigenvalue weighted by molar-refractivity contribution is 1.04. The molecule has 0 radical (unpaired) electrons. The zero-order chi connectivity index (χ0) is 9.80. The highest BCUT2D eigenvalue weighted by Gasteiger charge is 1.99. The van der Waals surface area contributed by atoms with E-state index >= 15 is 0 Å². The minimum Gasteiger partial charge on any atom is -0.367 e. The Balaban J connectivity index is 1.92. The topological polar surface area (TPSA) is 81.4 Å². The van der Waals surface area contributed by atoms with E-state index < -0.39 is 0 Å². The maximum Gasteiger partial charge on any atom is 0.243 e. The van der Waals surface area contributed by atoms with Crippen LogP contribution in [-0.4, -0.2) is 27.2 Å². The van der Waals surface area contributed by atoms with Crippen molar-refractivity contribution in [2.75, 3.05) is 17.7 Å². The van der Waals surface area contributed by atoms with Crippen LogP contribution in [0, 0.1) is 0 Å². The molecule has 0 aliphatic carbocycles. The molecule has 0 aliphatic rings. The van der Waals surface area contributed by atoms with Crippen LogP contribution in [0.15, 0.2) is 18.5 Å². The lowest BCUT2D eigenvalue weighted by Crippen LogP contribution is -1.99. The van der Waals surface area contributed by atoms with Crippen LogP contribution in [0.4, 0.5) is 11.9 Å². The predicted molar refractivity (Wildman–Crippen MR) is 54.0 cm³/mol. The summed E-state index contributed by atoms with van der Waals surface area (Å²) in [6.45, 7) is 0.724. The molecule has 4 N–H and O–H groups in total. The van der Waals surface area contributed by atoms with Crippen molar-refractivity contribution in [2.24, 2.45) is 0 Å². The molecule has 0 saturated heterocycles. The van der Waals surface area contributed by atoms with E-state index in [4.69, 9.17) is 0 Å². The number of anilines is 2. The molecule has 74 valence electrons. The highest BCUT2D eigenvalue weighted by molar-refractivity contribution is 5.33. The Morgan fingerprint density at radius 2 is 2.43 bits per heavy atom. The SMILES string of the molecule is CNc1n[nH]c(NCc2cc[nH]c2)n1. The highest BCUT2D eigenvalue weighted by Crippen LogP contribution is 2.04. The highest BCUT2D eigenvalue weighted by atomic mass is 15.3. The van der Waals surface area contributed by atoms with Gasteiger partial charge in [-0.2, -0.15) is 4.98 Å². The Kier molecular flexibility index (Phi) is 2.35. The average molecular weight is 192 g/mol. The summed E-state index contributed by atoms with van der Waals surface area (Å²) < 4.78 is 0. The van der Waals surface area contributed by atoms with Gasteiger partial charge in [0.15, 0.2) is 0 Å². The molecule has 0 unspecified atom stereocenters. The Labute approximate surface area is 81.1 Å². The van der Waals surface area contributed by atoms with Gasteiger partial charge in [0.2, 0.25) is 11.9 Å². The first-order valence-electron chi connectivity index (χ1n) is 4.34. The molecule has 0 spiro atoms. The molecule has 6 nitrogen and oxygen atoms in total. The van der Waals surface area contributed by atoms with Gasteiger partial charge >= 0.3 is 0 Å². The summed E-state index contributed by atoms with van der Waals surface area (Å²) in [6, 6.07) is 2.00. The summed E-state index contributed by atoms with van der Waals surface area (Å²) in [5, 5.41) is 12.6. The first kappa shape index (κ1) is 8.61. The second-order valence-corrected chi connectivity index (χ2v) is 2.83. The summed E-state index contributed by atoms with van der Waals surface area (Å²) in [5.74, 6) is 1.25. The van der Waals surface area contributed by atoms with E-state index in [2.05, 4.69) is 30.8 Å². The lowest BCUT2D eigenvalue weighted by atomic mass is 10.3. The fraction of sp³-hybridized carbons (Fsp3) is 0.250. The quantitative estimate of drug-likeness (QED) is 0.577. The maximum absolute atomic E-state index is 4.13. The molecule has 0 fully saturated rings. The van der Waals surface area contributed by atoms with E-state index in [0.717, 1.165) is 6.54 Å². The van der Waals surface area contributed by atoms with Crippen molar-refractivity contribution in [3.05, 3.63) is 24.0 Å². The summed E-state index contributed by atoms with van der Waals surface area (Å²) in [6.07, 6.45) is 3.82. The van der Waals surface area contributed by atoms with Crippen LogP contribution < -0.4 is 10.6 Å². The third-order valence-corrected chi connectivity index (χ3v) is 1.83. The molecule has 0 atom stereocenters. The minimum atomic E-state index is 0.585. The summed E-state index contributed by atoms with van der Waals surface area (Å²) >= 11 is 0. The van der Waals surface area contributed by atoms with Crippen molar-refractivity contribution in [1.82, 2.24) is 20.2 Å². The molecule has 0 aliphatic heterocycles.